The standard InChI is InChI=1S/C19H27N3O2.2ClH/c23-19(15-7-4-8-20-10-15)21-16-9-17-13-24-18(12-22(17)11-16)14-5-2-1-3-6-14;;/h1-3,5-6,15-18,20H,4,7-13H2,(H,21,23);2*1H/t15-,16-,17+,18-;;/m1../s1. The zero-order valence-corrected chi connectivity index (χ0v) is 16.6. The summed E-state index contributed by atoms with van der Waals surface area (Å²) in [6.45, 7) is 4.50. The fourth-order valence-electron chi connectivity index (χ4n) is 4.24. The summed E-state index contributed by atoms with van der Waals surface area (Å²) in [6, 6.07) is 11.2. The monoisotopic (exact) mass is 401 g/mol. The third-order valence-corrected chi connectivity index (χ3v) is 5.60. The minimum Gasteiger partial charge on any atom is -0.371 e. The molecular formula is C19H29Cl2N3O2. The Kier molecular flexibility index (Phi) is 8.17. The van der Waals surface area contributed by atoms with Crippen LogP contribution in [0.25, 0.3) is 0 Å². The number of hydrogen-bond donors (Lipinski definition) is 2. The van der Waals surface area contributed by atoms with Crippen molar-refractivity contribution in [2.24, 2.45) is 5.92 Å². The van der Waals surface area contributed by atoms with E-state index in [0.29, 0.717) is 6.04 Å². The molecule has 0 unspecified atom stereocenters. The number of nitrogens with one attached hydrogen (secondary N) is 2. The van der Waals surface area contributed by atoms with Crippen LogP contribution in [0, 0.1) is 5.92 Å². The third-order valence-electron chi connectivity index (χ3n) is 5.60. The van der Waals surface area contributed by atoms with E-state index >= 15 is 0 Å². The summed E-state index contributed by atoms with van der Waals surface area (Å²) in [5.74, 6) is 0.372. The van der Waals surface area contributed by atoms with Gasteiger partial charge in [-0.1, -0.05) is 30.3 Å². The molecule has 7 heteroatoms. The molecule has 0 aromatic heterocycles. The van der Waals surface area contributed by atoms with Crippen molar-refractivity contribution in [2.75, 3.05) is 32.8 Å². The van der Waals surface area contributed by atoms with Crippen molar-refractivity contribution in [3.05, 3.63) is 35.9 Å². The van der Waals surface area contributed by atoms with Gasteiger partial charge in [-0.25, -0.2) is 0 Å². The van der Waals surface area contributed by atoms with Crippen LogP contribution in [0.2, 0.25) is 0 Å². The molecule has 26 heavy (non-hydrogen) atoms. The van der Waals surface area contributed by atoms with Gasteiger partial charge < -0.3 is 15.4 Å². The molecule has 2 N–H and O–H groups in total. The van der Waals surface area contributed by atoms with Gasteiger partial charge >= 0.3 is 0 Å². The Labute approximate surface area is 168 Å². The molecule has 0 aliphatic carbocycles. The van der Waals surface area contributed by atoms with Crippen molar-refractivity contribution >= 4 is 30.7 Å². The number of rotatable bonds is 3. The van der Waals surface area contributed by atoms with E-state index in [1.807, 2.05) is 6.07 Å². The maximum absolute atomic E-state index is 12.4. The summed E-state index contributed by atoms with van der Waals surface area (Å²) >= 11 is 0. The van der Waals surface area contributed by atoms with E-state index in [0.717, 1.165) is 52.0 Å². The summed E-state index contributed by atoms with van der Waals surface area (Å²) < 4.78 is 6.08. The Balaban J connectivity index is 0.00000121. The van der Waals surface area contributed by atoms with Crippen molar-refractivity contribution in [3.8, 4) is 0 Å². The largest absolute Gasteiger partial charge is 0.371 e. The van der Waals surface area contributed by atoms with E-state index in [2.05, 4.69) is 39.8 Å². The zero-order chi connectivity index (χ0) is 16.4. The number of carbonyl (C=O) groups is 1. The average Bonchev–Trinajstić information content (AvgIpc) is 3.04. The van der Waals surface area contributed by atoms with Crippen LogP contribution in [0.1, 0.15) is 30.9 Å². The van der Waals surface area contributed by atoms with Gasteiger partial charge in [0.05, 0.1) is 18.6 Å². The van der Waals surface area contributed by atoms with E-state index < -0.39 is 0 Å². The van der Waals surface area contributed by atoms with Crippen LogP contribution in [-0.4, -0.2) is 55.7 Å². The van der Waals surface area contributed by atoms with Crippen molar-refractivity contribution in [3.63, 3.8) is 0 Å². The molecule has 4 atom stereocenters. The van der Waals surface area contributed by atoms with Crippen LogP contribution < -0.4 is 10.6 Å². The highest BCUT2D eigenvalue weighted by molar-refractivity contribution is 5.85. The van der Waals surface area contributed by atoms with Gasteiger partial charge in [-0.2, -0.15) is 0 Å². The Bertz CT molecular complexity index is 569. The Morgan fingerprint density at radius 1 is 1.19 bits per heavy atom. The number of amides is 1. The first-order valence-corrected chi connectivity index (χ1v) is 9.21. The first kappa shape index (κ1) is 21.5. The molecule has 0 saturated carbocycles. The second-order valence-electron chi connectivity index (χ2n) is 7.32. The first-order valence-electron chi connectivity index (χ1n) is 9.21. The molecule has 3 aliphatic heterocycles. The summed E-state index contributed by atoms with van der Waals surface area (Å²) in [5.41, 5.74) is 1.25. The maximum Gasteiger partial charge on any atom is 0.224 e. The molecule has 0 spiro atoms. The van der Waals surface area contributed by atoms with Gasteiger partial charge in [0.2, 0.25) is 5.91 Å². The summed E-state index contributed by atoms with van der Waals surface area (Å²) in [5, 5.41) is 6.61. The molecule has 1 aromatic carbocycles. The van der Waals surface area contributed by atoms with Gasteiger partial charge in [-0.05, 0) is 31.4 Å². The van der Waals surface area contributed by atoms with Crippen LogP contribution in [0.5, 0.6) is 0 Å². The van der Waals surface area contributed by atoms with Gasteiger partial charge in [0, 0.05) is 31.7 Å². The number of halogens is 2. The number of fused-ring (bicyclic) bond motifs is 1. The Hall–Kier alpha value is -0.850. The van der Waals surface area contributed by atoms with Gasteiger partial charge in [0.1, 0.15) is 0 Å². The third kappa shape index (κ3) is 4.90. The normalized spacial score (nSPS) is 31.2. The molecule has 1 aromatic rings. The minimum atomic E-state index is 0. The molecule has 3 aliphatic rings. The second kappa shape index (κ2) is 9.90. The van der Waals surface area contributed by atoms with Gasteiger partial charge in [-0.3, -0.25) is 9.69 Å². The van der Waals surface area contributed by atoms with E-state index in [9.17, 15) is 4.79 Å². The van der Waals surface area contributed by atoms with Crippen LogP contribution in [0.4, 0.5) is 0 Å². The lowest BCUT2D eigenvalue weighted by molar-refractivity contribution is -0.126. The Morgan fingerprint density at radius 2 is 2.00 bits per heavy atom. The van der Waals surface area contributed by atoms with Crippen LogP contribution in [0.3, 0.4) is 0 Å². The average molecular weight is 402 g/mol. The molecule has 3 fully saturated rings. The minimum absolute atomic E-state index is 0. The molecule has 3 saturated heterocycles. The van der Waals surface area contributed by atoms with Crippen LogP contribution >= 0.6 is 24.8 Å². The molecule has 5 nitrogen and oxygen atoms in total. The number of hydrogen-bond acceptors (Lipinski definition) is 4. The number of benzene rings is 1. The highest BCUT2D eigenvalue weighted by Gasteiger charge is 2.38. The topological polar surface area (TPSA) is 53.6 Å². The SMILES string of the molecule is Cl.Cl.O=C(N[C@@H]1C[C@H]2CO[C@@H](c3ccccc3)CN2C1)[C@@H]1CCCNC1. The van der Waals surface area contributed by atoms with Crippen LogP contribution in [-0.2, 0) is 9.53 Å². The molecule has 0 radical (unpaired) electrons. The molecular weight excluding hydrogens is 373 g/mol. The van der Waals surface area contributed by atoms with Gasteiger partial charge in [0.15, 0.2) is 0 Å². The zero-order valence-electron chi connectivity index (χ0n) is 14.9. The lowest BCUT2D eigenvalue weighted by atomic mass is 9.98. The van der Waals surface area contributed by atoms with Crippen LogP contribution in [0.15, 0.2) is 30.3 Å². The molecule has 1 amide bonds. The van der Waals surface area contributed by atoms with Crippen molar-refractivity contribution in [2.45, 2.75) is 37.5 Å². The predicted molar refractivity (Wildman–Crippen MR) is 107 cm³/mol. The lowest BCUT2D eigenvalue weighted by Gasteiger charge is -2.35. The van der Waals surface area contributed by atoms with E-state index in [-0.39, 0.29) is 48.8 Å². The van der Waals surface area contributed by atoms with E-state index in [1.165, 1.54) is 5.56 Å². The molecule has 146 valence electrons. The van der Waals surface area contributed by atoms with E-state index in [4.69, 9.17) is 4.74 Å². The molecule has 4 rings (SSSR count). The predicted octanol–water partition coefficient (Wildman–Crippen LogP) is 2.16. The second-order valence-corrected chi connectivity index (χ2v) is 7.32. The number of ether oxygens (including phenoxy) is 1. The summed E-state index contributed by atoms with van der Waals surface area (Å²) in [6.07, 6.45) is 3.27. The van der Waals surface area contributed by atoms with Gasteiger partial charge in [0.25, 0.3) is 0 Å². The highest BCUT2D eigenvalue weighted by atomic mass is 35.5. The fraction of sp³-hybridized carbons (Fsp3) is 0.632. The summed E-state index contributed by atoms with van der Waals surface area (Å²) in [7, 11) is 0. The smallest absolute Gasteiger partial charge is 0.224 e. The first-order chi connectivity index (χ1) is 11.8. The highest BCUT2D eigenvalue weighted by Crippen LogP contribution is 2.30. The number of morpholine rings is 1. The molecule has 3 heterocycles. The number of piperidine rings is 1. The maximum atomic E-state index is 12.4. The number of carbonyl (C=O) groups excluding carboxylic acids is 1. The van der Waals surface area contributed by atoms with Crippen molar-refractivity contribution in [1.29, 1.82) is 0 Å². The van der Waals surface area contributed by atoms with E-state index in [1.54, 1.807) is 0 Å². The number of nitrogens with zero attached hydrogens (tertiary/aromatic N) is 1. The fourth-order valence-corrected chi connectivity index (χ4v) is 4.24. The molecule has 0 bridgehead atoms. The summed E-state index contributed by atoms with van der Waals surface area (Å²) in [4.78, 5) is 14.9. The Morgan fingerprint density at radius 3 is 2.73 bits per heavy atom. The van der Waals surface area contributed by atoms with Crippen molar-refractivity contribution in [1.82, 2.24) is 15.5 Å². The lowest BCUT2D eigenvalue weighted by Crippen LogP contribution is -2.45. The quantitative estimate of drug-likeness (QED) is 0.814. The van der Waals surface area contributed by atoms with Gasteiger partial charge in [-0.15, -0.1) is 24.8 Å². The van der Waals surface area contributed by atoms with Crippen molar-refractivity contribution < 1.29 is 9.53 Å².